The van der Waals surface area contributed by atoms with Crippen LogP contribution in [0.5, 0.6) is 0 Å². The number of thioether (sulfide) groups is 1. The second kappa shape index (κ2) is 8.22. The monoisotopic (exact) mass is 257 g/mol. The molecule has 1 N–H and O–H groups in total. The fraction of sp³-hybridized carbons (Fsp3) is 0.286. The van der Waals surface area contributed by atoms with Crippen molar-refractivity contribution in [2.45, 2.75) is 24.7 Å². The zero-order chi connectivity index (χ0) is 13.2. The Morgan fingerprint density at radius 2 is 1.94 bits per heavy atom. The van der Waals surface area contributed by atoms with Gasteiger partial charge in [-0.25, -0.2) is 0 Å². The van der Waals surface area contributed by atoms with E-state index in [0.29, 0.717) is 0 Å². The Labute approximate surface area is 112 Å². The van der Waals surface area contributed by atoms with Crippen LogP contribution in [0.15, 0.2) is 40.9 Å². The van der Waals surface area contributed by atoms with Crippen LogP contribution in [0.1, 0.15) is 19.8 Å². The van der Waals surface area contributed by atoms with Crippen molar-refractivity contribution >= 4 is 17.4 Å². The summed E-state index contributed by atoms with van der Waals surface area (Å²) in [6.07, 6.45) is 3.85. The molecule has 0 radical (unpaired) electrons. The van der Waals surface area contributed by atoms with Crippen LogP contribution in [0, 0.1) is 22.7 Å². The molecule has 0 aliphatic carbocycles. The minimum absolute atomic E-state index is 0.0661. The van der Waals surface area contributed by atoms with Gasteiger partial charge >= 0.3 is 0 Å². The molecule has 0 heterocycles. The quantitative estimate of drug-likeness (QED) is 0.476. The van der Waals surface area contributed by atoms with E-state index in [1.54, 1.807) is 12.1 Å². The molecule has 1 rings (SSSR count). The highest BCUT2D eigenvalue weighted by Crippen LogP contribution is 2.21. The van der Waals surface area contributed by atoms with Gasteiger partial charge in [-0.05, 0) is 36.4 Å². The summed E-state index contributed by atoms with van der Waals surface area (Å²) in [7, 11) is 0. The van der Waals surface area contributed by atoms with E-state index in [0.717, 1.165) is 11.4 Å². The normalized spacial score (nSPS) is 9.06. The Morgan fingerprint density at radius 3 is 2.50 bits per heavy atom. The number of nitrogens with one attached hydrogen (secondary N) is 1. The molecular weight excluding hydrogens is 242 g/mol. The number of allylic oxidation sites excluding steroid dienone is 1. The van der Waals surface area contributed by atoms with E-state index in [1.165, 1.54) is 23.9 Å². The smallest absolute Gasteiger partial charge is 0.145 e. The number of nitriles is 2. The summed E-state index contributed by atoms with van der Waals surface area (Å²) in [6, 6.07) is 11.6. The molecule has 4 heteroatoms. The van der Waals surface area contributed by atoms with Crippen molar-refractivity contribution < 1.29 is 0 Å². The van der Waals surface area contributed by atoms with Crippen molar-refractivity contribution in [3.63, 3.8) is 0 Å². The van der Waals surface area contributed by atoms with Crippen molar-refractivity contribution in [2.75, 3.05) is 11.1 Å². The lowest BCUT2D eigenvalue weighted by atomic mass is 10.3. The van der Waals surface area contributed by atoms with Gasteiger partial charge in [-0.15, -0.1) is 11.8 Å². The molecule has 0 aromatic heterocycles. The zero-order valence-corrected chi connectivity index (χ0v) is 11.1. The Bertz CT molecular complexity index is 461. The molecule has 0 saturated heterocycles. The lowest BCUT2D eigenvalue weighted by molar-refractivity contribution is 0.896. The third kappa shape index (κ3) is 4.95. The van der Waals surface area contributed by atoms with Gasteiger partial charge in [-0.3, -0.25) is 0 Å². The fourth-order valence-electron chi connectivity index (χ4n) is 1.23. The van der Waals surface area contributed by atoms with Crippen LogP contribution in [-0.2, 0) is 0 Å². The van der Waals surface area contributed by atoms with Gasteiger partial charge < -0.3 is 5.32 Å². The van der Waals surface area contributed by atoms with E-state index in [9.17, 15) is 0 Å². The number of rotatable bonds is 6. The molecule has 0 atom stereocenters. The molecule has 1 aromatic rings. The zero-order valence-electron chi connectivity index (χ0n) is 10.3. The average Bonchev–Trinajstić information content (AvgIpc) is 2.42. The molecule has 3 nitrogen and oxygen atoms in total. The Hall–Kier alpha value is -1.91. The molecule has 0 aliphatic rings. The molecule has 0 saturated carbocycles. The van der Waals surface area contributed by atoms with Gasteiger partial charge in [0.1, 0.15) is 17.7 Å². The average molecular weight is 257 g/mol. The number of benzene rings is 1. The first-order valence-electron chi connectivity index (χ1n) is 5.80. The largest absolute Gasteiger partial charge is 0.360 e. The molecule has 92 valence electrons. The summed E-state index contributed by atoms with van der Waals surface area (Å²) >= 11 is 1.84. The van der Waals surface area contributed by atoms with E-state index >= 15 is 0 Å². The van der Waals surface area contributed by atoms with E-state index < -0.39 is 0 Å². The van der Waals surface area contributed by atoms with Crippen LogP contribution in [0.3, 0.4) is 0 Å². The molecule has 1 aromatic carbocycles. The van der Waals surface area contributed by atoms with E-state index in [1.807, 2.05) is 36.0 Å². The van der Waals surface area contributed by atoms with E-state index in [-0.39, 0.29) is 5.57 Å². The Kier molecular flexibility index (Phi) is 6.46. The third-order valence-electron chi connectivity index (χ3n) is 2.25. The molecule has 0 amide bonds. The van der Waals surface area contributed by atoms with Crippen LogP contribution in [0.4, 0.5) is 5.69 Å². The highest BCUT2D eigenvalue weighted by molar-refractivity contribution is 7.99. The SMILES string of the molecule is CCCCSc1ccc(NC=C(C#N)C#N)cc1. The maximum absolute atomic E-state index is 8.58. The number of anilines is 1. The topological polar surface area (TPSA) is 59.6 Å². The summed E-state index contributed by atoms with van der Waals surface area (Å²) in [6.45, 7) is 2.18. The van der Waals surface area contributed by atoms with Crippen molar-refractivity contribution in [2.24, 2.45) is 0 Å². The molecule has 0 fully saturated rings. The van der Waals surface area contributed by atoms with Crippen LogP contribution in [-0.4, -0.2) is 5.75 Å². The van der Waals surface area contributed by atoms with Gasteiger partial charge in [0, 0.05) is 16.8 Å². The Balaban J connectivity index is 2.53. The standard InChI is InChI=1S/C14H15N3S/c1-2-3-8-18-14-6-4-13(5-7-14)17-11-12(9-15)10-16/h4-7,11,17H,2-3,8H2,1H3. The van der Waals surface area contributed by atoms with Crippen LogP contribution in [0.2, 0.25) is 0 Å². The second-order valence-electron chi connectivity index (χ2n) is 3.65. The molecule has 0 bridgehead atoms. The van der Waals surface area contributed by atoms with Gasteiger partial charge in [0.25, 0.3) is 0 Å². The molecule has 18 heavy (non-hydrogen) atoms. The minimum atomic E-state index is 0.0661. The molecule has 0 spiro atoms. The Morgan fingerprint density at radius 1 is 1.28 bits per heavy atom. The van der Waals surface area contributed by atoms with E-state index in [2.05, 4.69) is 12.2 Å². The predicted molar refractivity (Wildman–Crippen MR) is 75.0 cm³/mol. The number of nitrogens with zero attached hydrogens (tertiary/aromatic N) is 2. The van der Waals surface area contributed by atoms with Crippen LogP contribution < -0.4 is 5.32 Å². The lowest BCUT2D eigenvalue weighted by Gasteiger charge is -2.03. The number of hydrogen-bond donors (Lipinski definition) is 1. The summed E-state index contributed by atoms with van der Waals surface area (Å²) in [5.74, 6) is 1.14. The number of hydrogen-bond acceptors (Lipinski definition) is 4. The third-order valence-corrected chi connectivity index (χ3v) is 3.34. The molecule has 0 aliphatic heterocycles. The van der Waals surface area contributed by atoms with Gasteiger partial charge in [0.05, 0.1) is 0 Å². The fourth-order valence-corrected chi connectivity index (χ4v) is 2.22. The van der Waals surface area contributed by atoms with Gasteiger partial charge in [-0.2, -0.15) is 10.5 Å². The first kappa shape index (κ1) is 14.2. The van der Waals surface area contributed by atoms with Gasteiger partial charge in [0.2, 0.25) is 0 Å². The summed E-state index contributed by atoms with van der Waals surface area (Å²) in [5.41, 5.74) is 0.939. The molecule has 0 unspecified atom stereocenters. The molecular formula is C14H15N3S. The minimum Gasteiger partial charge on any atom is -0.360 e. The van der Waals surface area contributed by atoms with Crippen LogP contribution >= 0.6 is 11.8 Å². The lowest BCUT2D eigenvalue weighted by Crippen LogP contribution is -1.89. The maximum atomic E-state index is 8.58. The van der Waals surface area contributed by atoms with Gasteiger partial charge in [0.15, 0.2) is 0 Å². The number of unbranched alkanes of at least 4 members (excludes halogenated alkanes) is 1. The highest BCUT2D eigenvalue weighted by Gasteiger charge is 1.95. The van der Waals surface area contributed by atoms with Crippen LogP contribution in [0.25, 0.3) is 0 Å². The second-order valence-corrected chi connectivity index (χ2v) is 4.82. The van der Waals surface area contributed by atoms with Crippen molar-refractivity contribution in [1.82, 2.24) is 0 Å². The van der Waals surface area contributed by atoms with Crippen molar-refractivity contribution in [1.29, 1.82) is 10.5 Å². The summed E-state index contributed by atoms with van der Waals surface area (Å²) in [4.78, 5) is 1.23. The first-order chi connectivity index (χ1) is 8.80. The van der Waals surface area contributed by atoms with Crippen molar-refractivity contribution in [3.8, 4) is 12.1 Å². The van der Waals surface area contributed by atoms with Gasteiger partial charge in [-0.1, -0.05) is 13.3 Å². The summed E-state index contributed by atoms with van der Waals surface area (Å²) < 4.78 is 0. The predicted octanol–water partition coefficient (Wildman–Crippen LogP) is 3.92. The first-order valence-corrected chi connectivity index (χ1v) is 6.78. The highest BCUT2D eigenvalue weighted by atomic mass is 32.2. The summed E-state index contributed by atoms with van der Waals surface area (Å²) in [5, 5.41) is 20.1. The van der Waals surface area contributed by atoms with Crippen molar-refractivity contribution in [3.05, 3.63) is 36.0 Å². The van der Waals surface area contributed by atoms with E-state index in [4.69, 9.17) is 10.5 Å². The maximum Gasteiger partial charge on any atom is 0.145 e.